The van der Waals surface area contributed by atoms with Gasteiger partial charge in [0.05, 0.1) is 27.8 Å². The minimum absolute atomic E-state index is 0.0843. The largest absolute Gasteiger partial charge is 0.418 e. The molecule has 3 aromatic carbocycles. The molecule has 0 saturated carbocycles. The second kappa shape index (κ2) is 9.52. The van der Waals surface area contributed by atoms with Gasteiger partial charge < -0.3 is 5.32 Å². The first-order valence-corrected chi connectivity index (χ1v) is 11.3. The third kappa shape index (κ3) is 4.95. The normalized spacial score (nSPS) is 16.1. The standard InChI is InChI=1S/C24H16ClF3N2O3S/c25-14-9-11-15(12-10-14)30-21(31)13-20(23(30)33)34-19-8-4-1-5-16(19)22(32)29-18-7-3-2-6-17(18)24(26,27)28/h1-12,20H,13H2,(H,29,32)/t20-/m0/s1. The molecule has 1 aliphatic rings. The Morgan fingerprint density at radius 1 is 0.971 bits per heavy atom. The number of nitrogens with one attached hydrogen (secondary N) is 1. The van der Waals surface area contributed by atoms with Crippen LogP contribution in [0.5, 0.6) is 0 Å². The van der Waals surface area contributed by atoms with Gasteiger partial charge in [-0.2, -0.15) is 13.2 Å². The number of rotatable bonds is 5. The molecule has 1 heterocycles. The summed E-state index contributed by atoms with van der Waals surface area (Å²) in [7, 11) is 0. The Bertz CT molecular complexity index is 1260. The number of carbonyl (C=O) groups excluding carboxylic acids is 3. The zero-order chi connectivity index (χ0) is 24.5. The van der Waals surface area contributed by atoms with Gasteiger partial charge in [0.25, 0.3) is 5.91 Å². The molecule has 1 saturated heterocycles. The maximum atomic E-state index is 13.3. The van der Waals surface area contributed by atoms with E-state index in [1.807, 2.05) is 0 Å². The molecule has 4 rings (SSSR count). The highest BCUT2D eigenvalue weighted by molar-refractivity contribution is 8.00. The number of alkyl halides is 3. The van der Waals surface area contributed by atoms with Gasteiger partial charge >= 0.3 is 6.18 Å². The van der Waals surface area contributed by atoms with Crippen LogP contribution in [0, 0.1) is 0 Å². The summed E-state index contributed by atoms with van der Waals surface area (Å²) in [5, 5.41) is 1.98. The highest BCUT2D eigenvalue weighted by Gasteiger charge is 2.40. The zero-order valence-corrected chi connectivity index (χ0v) is 18.9. The molecule has 0 bridgehead atoms. The first-order chi connectivity index (χ1) is 16.1. The fourth-order valence-corrected chi connectivity index (χ4v) is 4.81. The van der Waals surface area contributed by atoms with E-state index in [9.17, 15) is 27.6 Å². The number of carbonyl (C=O) groups is 3. The van der Waals surface area contributed by atoms with Crippen molar-refractivity contribution in [1.82, 2.24) is 0 Å². The van der Waals surface area contributed by atoms with E-state index in [-0.39, 0.29) is 17.7 Å². The average Bonchev–Trinajstić information content (AvgIpc) is 3.07. The molecule has 1 N–H and O–H groups in total. The van der Waals surface area contributed by atoms with E-state index in [1.54, 1.807) is 42.5 Å². The van der Waals surface area contributed by atoms with E-state index in [0.29, 0.717) is 15.6 Å². The molecule has 0 aromatic heterocycles. The molecule has 0 unspecified atom stereocenters. The fourth-order valence-electron chi connectivity index (χ4n) is 3.50. The molecule has 0 radical (unpaired) electrons. The molecular weight excluding hydrogens is 489 g/mol. The molecule has 1 fully saturated rings. The summed E-state index contributed by atoms with van der Waals surface area (Å²) in [5.41, 5.74) is -0.864. The lowest BCUT2D eigenvalue weighted by molar-refractivity contribution is -0.137. The lowest BCUT2D eigenvalue weighted by Crippen LogP contribution is -2.31. The number of hydrogen-bond donors (Lipinski definition) is 1. The molecular formula is C24H16ClF3N2O3S. The van der Waals surface area contributed by atoms with Gasteiger partial charge in [0.1, 0.15) is 0 Å². The van der Waals surface area contributed by atoms with E-state index < -0.39 is 34.7 Å². The van der Waals surface area contributed by atoms with Crippen molar-refractivity contribution < 1.29 is 27.6 Å². The third-order valence-electron chi connectivity index (χ3n) is 5.07. The van der Waals surface area contributed by atoms with Crippen molar-refractivity contribution in [3.63, 3.8) is 0 Å². The van der Waals surface area contributed by atoms with Crippen LogP contribution >= 0.6 is 23.4 Å². The Morgan fingerprint density at radius 3 is 2.32 bits per heavy atom. The molecule has 174 valence electrons. The number of para-hydroxylation sites is 1. The third-order valence-corrected chi connectivity index (χ3v) is 6.59. The number of anilines is 2. The number of amides is 3. The lowest BCUT2D eigenvalue weighted by Gasteiger charge is -2.16. The topological polar surface area (TPSA) is 66.5 Å². The maximum Gasteiger partial charge on any atom is 0.418 e. The Kier molecular flexibility index (Phi) is 6.67. The van der Waals surface area contributed by atoms with Crippen molar-refractivity contribution in [2.75, 3.05) is 10.2 Å². The van der Waals surface area contributed by atoms with Crippen LogP contribution in [0.15, 0.2) is 77.7 Å². The minimum Gasteiger partial charge on any atom is -0.321 e. The molecule has 0 spiro atoms. The van der Waals surface area contributed by atoms with Gasteiger partial charge in [0.2, 0.25) is 11.8 Å². The van der Waals surface area contributed by atoms with Crippen LogP contribution in [0.1, 0.15) is 22.3 Å². The number of benzene rings is 3. The molecule has 1 atom stereocenters. The van der Waals surface area contributed by atoms with E-state index in [0.717, 1.165) is 22.7 Å². The second-order valence-corrected chi connectivity index (χ2v) is 9.03. The van der Waals surface area contributed by atoms with Crippen molar-refractivity contribution in [3.05, 3.63) is 88.9 Å². The molecule has 5 nitrogen and oxygen atoms in total. The Balaban J connectivity index is 1.56. The van der Waals surface area contributed by atoms with Gasteiger partial charge in [-0.15, -0.1) is 11.8 Å². The quantitative estimate of drug-likeness (QED) is 0.430. The SMILES string of the molecule is O=C(Nc1ccccc1C(F)(F)F)c1ccccc1S[C@H]1CC(=O)N(c2ccc(Cl)cc2)C1=O. The first kappa shape index (κ1) is 23.8. The van der Waals surface area contributed by atoms with Gasteiger partial charge in [-0.1, -0.05) is 35.9 Å². The summed E-state index contributed by atoms with van der Waals surface area (Å²) in [5.74, 6) is -1.60. The number of imide groups is 1. The van der Waals surface area contributed by atoms with Crippen molar-refractivity contribution >= 4 is 52.5 Å². The van der Waals surface area contributed by atoms with E-state index in [4.69, 9.17) is 11.6 Å². The number of halogens is 4. The average molecular weight is 505 g/mol. The monoisotopic (exact) mass is 504 g/mol. The predicted molar refractivity (Wildman–Crippen MR) is 124 cm³/mol. The summed E-state index contributed by atoms with van der Waals surface area (Å²) in [6, 6.07) is 17.2. The van der Waals surface area contributed by atoms with Crippen molar-refractivity contribution in [1.29, 1.82) is 0 Å². The summed E-state index contributed by atoms with van der Waals surface area (Å²) < 4.78 is 39.9. The van der Waals surface area contributed by atoms with Crippen LogP contribution in [0.3, 0.4) is 0 Å². The van der Waals surface area contributed by atoms with Crippen LogP contribution in [-0.2, 0) is 15.8 Å². The summed E-state index contributed by atoms with van der Waals surface area (Å²) in [4.78, 5) is 39.8. The Labute approximate surface area is 201 Å². The smallest absolute Gasteiger partial charge is 0.321 e. The first-order valence-electron chi connectivity index (χ1n) is 10.0. The van der Waals surface area contributed by atoms with Crippen LogP contribution in [0.2, 0.25) is 5.02 Å². The van der Waals surface area contributed by atoms with Crippen molar-refractivity contribution in [2.45, 2.75) is 22.7 Å². The van der Waals surface area contributed by atoms with Crippen molar-refractivity contribution in [3.8, 4) is 0 Å². The Morgan fingerprint density at radius 2 is 1.62 bits per heavy atom. The van der Waals surface area contributed by atoms with E-state index in [2.05, 4.69) is 5.32 Å². The minimum atomic E-state index is -4.64. The zero-order valence-electron chi connectivity index (χ0n) is 17.3. The predicted octanol–water partition coefficient (Wildman–Crippen LogP) is 6.04. The molecule has 34 heavy (non-hydrogen) atoms. The van der Waals surface area contributed by atoms with Gasteiger partial charge in [-0.05, 0) is 48.5 Å². The molecule has 1 aliphatic heterocycles. The highest BCUT2D eigenvalue weighted by atomic mass is 35.5. The Hall–Kier alpha value is -3.30. The maximum absolute atomic E-state index is 13.3. The van der Waals surface area contributed by atoms with Gasteiger partial charge in [-0.25, -0.2) is 4.90 Å². The molecule has 3 amide bonds. The van der Waals surface area contributed by atoms with Gasteiger partial charge in [0.15, 0.2) is 0 Å². The molecule has 10 heteroatoms. The lowest BCUT2D eigenvalue weighted by atomic mass is 10.1. The number of thioether (sulfide) groups is 1. The van der Waals surface area contributed by atoms with Gasteiger partial charge in [0, 0.05) is 16.3 Å². The number of nitrogens with zero attached hydrogens (tertiary/aromatic N) is 1. The fraction of sp³-hybridized carbons (Fsp3) is 0.125. The number of hydrogen-bond acceptors (Lipinski definition) is 4. The van der Waals surface area contributed by atoms with E-state index in [1.165, 1.54) is 24.3 Å². The van der Waals surface area contributed by atoms with Crippen molar-refractivity contribution in [2.24, 2.45) is 0 Å². The second-order valence-electron chi connectivity index (χ2n) is 7.35. The summed E-state index contributed by atoms with van der Waals surface area (Å²) in [6.45, 7) is 0. The summed E-state index contributed by atoms with van der Waals surface area (Å²) in [6.07, 6.45) is -4.72. The van der Waals surface area contributed by atoms with Crippen LogP contribution in [0.25, 0.3) is 0 Å². The van der Waals surface area contributed by atoms with Crippen LogP contribution in [-0.4, -0.2) is 23.0 Å². The molecule has 0 aliphatic carbocycles. The van der Waals surface area contributed by atoms with E-state index >= 15 is 0 Å². The summed E-state index contributed by atoms with van der Waals surface area (Å²) >= 11 is 6.89. The molecule has 3 aromatic rings. The van der Waals surface area contributed by atoms with Crippen LogP contribution in [0.4, 0.5) is 24.5 Å². The highest BCUT2D eigenvalue weighted by Crippen LogP contribution is 2.37. The van der Waals surface area contributed by atoms with Gasteiger partial charge in [-0.3, -0.25) is 14.4 Å². The van der Waals surface area contributed by atoms with Crippen LogP contribution < -0.4 is 10.2 Å².